The molecular weight excluding hydrogens is 458 g/mol. The number of hydrogen-bond acceptors (Lipinski definition) is 8. The Hall–Kier alpha value is -3.30. The first-order valence-electron chi connectivity index (χ1n) is 11.4. The second kappa shape index (κ2) is 11.9. The van der Waals surface area contributed by atoms with Crippen molar-refractivity contribution in [2.45, 2.75) is 27.7 Å². The van der Waals surface area contributed by atoms with E-state index in [4.69, 9.17) is 27.7 Å². The molecule has 0 spiro atoms. The van der Waals surface area contributed by atoms with Crippen LogP contribution in [0.15, 0.2) is 71.3 Å². The van der Waals surface area contributed by atoms with E-state index in [1.807, 2.05) is 25.2 Å². The Morgan fingerprint density at radius 3 is 2.54 bits per heavy atom. The number of amidine groups is 1. The number of aromatic nitrogens is 1. The van der Waals surface area contributed by atoms with Crippen LogP contribution >= 0.6 is 11.3 Å². The molecule has 8 nitrogen and oxygen atoms in total. The first-order valence-corrected chi connectivity index (χ1v) is 12.2. The zero-order chi connectivity index (χ0) is 26.3. The fourth-order valence-electron chi connectivity index (χ4n) is 3.72. The number of nitrogens with two attached hydrogens (primary N) is 4. The van der Waals surface area contributed by atoms with Crippen molar-refractivity contribution in [2.24, 2.45) is 27.8 Å². The zero-order valence-corrected chi connectivity index (χ0v) is 22.1. The molecule has 1 aromatic heterocycles. The SMILES string of the molecule is C=CC(=C\c1nc(N)sc1N)/C(C)=C/C=C1/OCCN(C(=NC(=C)N)C(CN)C(C)(C)C)CC1=C. The van der Waals surface area contributed by atoms with E-state index in [2.05, 4.69) is 55.4 Å². The molecule has 0 saturated carbocycles. The number of allylic oxidation sites excluding steroid dienone is 5. The average molecular weight is 498 g/mol. The summed E-state index contributed by atoms with van der Waals surface area (Å²) in [6, 6.07) is 0. The third kappa shape index (κ3) is 7.60. The summed E-state index contributed by atoms with van der Waals surface area (Å²) in [7, 11) is 0. The van der Waals surface area contributed by atoms with Gasteiger partial charge in [-0.15, -0.1) is 0 Å². The number of hydrogen-bond donors (Lipinski definition) is 4. The maximum atomic E-state index is 6.15. The largest absolute Gasteiger partial charge is 0.491 e. The van der Waals surface area contributed by atoms with Gasteiger partial charge in [0, 0.05) is 24.6 Å². The first-order chi connectivity index (χ1) is 16.4. The summed E-state index contributed by atoms with van der Waals surface area (Å²) in [6.45, 7) is 22.4. The number of thiazole rings is 1. The Kier molecular flexibility index (Phi) is 9.50. The molecule has 35 heavy (non-hydrogen) atoms. The minimum atomic E-state index is -0.102. The van der Waals surface area contributed by atoms with Gasteiger partial charge in [0.1, 0.15) is 34.7 Å². The van der Waals surface area contributed by atoms with Crippen LogP contribution in [0.25, 0.3) is 6.08 Å². The normalized spacial score (nSPS) is 18.3. The van der Waals surface area contributed by atoms with E-state index >= 15 is 0 Å². The molecule has 0 amide bonds. The maximum absolute atomic E-state index is 6.15. The molecule has 190 valence electrons. The van der Waals surface area contributed by atoms with E-state index in [1.54, 1.807) is 6.08 Å². The second-order valence-electron chi connectivity index (χ2n) is 9.48. The number of aliphatic imine (C=N–C) groups is 1. The van der Waals surface area contributed by atoms with Gasteiger partial charge in [0.15, 0.2) is 5.13 Å². The van der Waals surface area contributed by atoms with Gasteiger partial charge in [-0.05, 0) is 35.6 Å². The molecule has 8 N–H and O–H groups in total. The molecule has 0 bridgehead atoms. The lowest BCUT2D eigenvalue weighted by Gasteiger charge is -2.36. The number of rotatable bonds is 7. The van der Waals surface area contributed by atoms with Gasteiger partial charge in [0.25, 0.3) is 0 Å². The highest BCUT2D eigenvalue weighted by Gasteiger charge is 2.32. The second-order valence-corrected chi connectivity index (χ2v) is 10.5. The topological polar surface area (TPSA) is 142 Å². The van der Waals surface area contributed by atoms with Crippen LogP contribution in [0.4, 0.5) is 10.1 Å². The van der Waals surface area contributed by atoms with E-state index in [9.17, 15) is 0 Å². The van der Waals surface area contributed by atoms with Crippen LogP contribution in [-0.2, 0) is 4.74 Å². The smallest absolute Gasteiger partial charge is 0.182 e. The molecule has 1 unspecified atom stereocenters. The highest BCUT2D eigenvalue weighted by atomic mass is 32.1. The van der Waals surface area contributed by atoms with E-state index in [-0.39, 0.29) is 17.2 Å². The summed E-state index contributed by atoms with van der Waals surface area (Å²) in [4.78, 5) is 11.0. The fourth-order valence-corrected chi connectivity index (χ4v) is 4.30. The third-order valence-corrected chi connectivity index (χ3v) is 6.40. The highest BCUT2D eigenvalue weighted by Crippen LogP contribution is 2.30. The maximum Gasteiger partial charge on any atom is 0.182 e. The molecule has 0 aliphatic carbocycles. The average Bonchev–Trinajstić information content (AvgIpc) is 2.95. The van der Waals surface area contributed by atoms with Crippen molar-refractivity contribution < 1.29 is 4.74 Å². The molecule has 2 rings (SSSR count). The van der Waals surface area contributed by atoms with Gasteiger partial charge in [0.2, 0.25) is 0 Å². The molecule has 0 aromatic carbocycles. The van der Waals surface area contributed by atoms with Crippen molar-refractivity contribution in [1.29, 1.82) is 0 Å². The van der Waals surface area contributed by atoms with Crippen LogP contribution in [0.1, 0.15) is 33.4 Å². The minimum Gasteiger partial charge on any atom is -0.491 e. The quantitative estimate of drug-likeness (QED) is 0.253. The summed E-state index contributed by atoms with van der Waals surface area (Å²) >= 11 is 1.25. The minimum absolute atomic E-state index is 0.00394. The van der Waals surface area contributed by atoms with Gasteiger partial charge in [-0.1, -0.05) is 64.0 Å². The molecule has 1 saturated heterocycles. The van der Waals surface area contributed by atoms with Gasteiger partial charge in [0.05, 0.1) is 6.54 Å². The molecule has 1 aromatic rings. The van der Waals surface area contributed by atoms with Crippen molar-refractivity contribution in [2.75, 3.05) is 37.7 Å². The van der Waals surface area contributed by atoms with Crippen LogP contribution in [0.2, 0.25) is 0 Å². The van der Waals surface area contributed by atoms with Crippen LogP contribution < -0.4 is 22.9 Å². The Balaban J connectivity index is 2.31. The lowest BCUT2D eigenvalue weighted by Crippen LogP contribution is -2.46. The summed E-state index contributed by atoms with van der Waals surface area (Å²) in [5.74, 6) is 1.76. The van der Waals surface area contributed by atoms with Crippen molar-refractivity contribution in [3.8, 4) is 0 Å². The fraction of sp³-hybridized carbons (Fsp3) is 0.385. The van der Waals surface area contributed by atoms with Gasteiger partial charge >= 0.3 is 0 Å². The molecule has 1 aliphatic heterocycles. The Morgan fingerprint density at radius 2 is 2.03 bits per heavy atom. The standard InChI is InChI=1S/C26H39N7OS/c1-8-19(13-21-23(29)35-25(30)32-21)16(2)9-10-22-17(3)15-33(11-12-34-22)24(31-18(4)28)20(14-27)26(5,6)7/h8-10,13,20H,1,3-4,11-12,14-15,27-29H2,2,5-7H3,(H2,30,32)/b16-9+,19-13+,22-10+,31-24?. The highest BCUT2D eigenvalue weighted by molar-refractivity contribution is 7.19. The first kappa shape index (κ1) is 27.9. The van der Waals surface area contributed by atoms with Gasteiger partial charge in [-0.25, -0.2) is 9.98 Å². The molecule has 0 radical (unpaired) electrons. The van der Waals surface area contributed by atoms with E-state index < -0.39 is 0 Å². The summed E-state index contributed by atoms with van der Waals surface area (Å²) < 4.78 is 6.05. The van der Waals surface area contributed by atoms with Crippen molar-refractivity contribution in [3.05, 3.63) is 72.0 Å². The third-order valence-electron chi connectivity index (χ3n) is 5.67. The lowest BCUT2D eigenvalue weighted by molar-refractivity contribution is 0.212. The van der Waals surface area contributed by atoms with Crippen molar-refractivity contribution in [3.63, 3.8) is 0 Å². The number of nitrogen functional groups attached to an aromatic ring is 2. The number of nitrogens with zero attached hydrogens (tertiary/aromatic N) is 3. The monoisotopic (exact) mass is 497 g/mol. The molecular formula is C26H39N7OS. The van der Waals surface area contributed by atoms with Crippen LogP contribution in [0.3, 0.4) is 0 Å². The zero-order valence-electron chi connectivity index (χ0n) is 21.3. The van der Waals surface area contributed by atoms with Crippen LogP contribution in [0, 0.1) is 11.3 Å². The van der Waals surface area contributed by atoms with Crippen molar-refractivity contribution >= 4 is 33.4 Å². The molecule has 9 heteroatoms. The summed E-state index contributed by atoms with van der Waals surface area (Å²) in [5, 5.41) is 0.996. The van der Waals surface area contributed by atoms with E-state index in [0.29, 0.717) is 47.8 Å². The molecule has 2 heterocycles. The Bertz CT molecular complexity index is 1090. The number of anilines is 2. The Labute approximate surface area is 213 Å². The molecule has 1 fully saturated rings. The van der Waals surface area contributed by atoms with E-state index in [0.717, 1.165) is 22.6 Å². The molecule has 1 atom stereocenters. The van der Waals surface area contributed by atoms with Crippen LogP contribution in [0.5, 0.6) is 0 Å². The number of ether oxygens (including phenoxy) is 1. The lowest BCUT2D eigenvalue weighted by atomic mass is 9.79. The predicted octanol–water partition coefficient (Wildman–Crippen LogP) is 4.04. The van der Waals surface area contributed by atoms with E-state index in [1.165, 1.54) is 11.3 Å². The predicted molar refractivity (Wildman–Crippen MR) is 150 cm³/mol. The van der Waals surface area contributed by atoms with Gasteiger partial charge < -0.3 is 32.6 Å². The molecule has 1 aliphatic rings. The van der Waals surface area contributed by atoms with Crippen LogP contribution in [-0.4, -0.2) is 42.0 Å². The summed E-state index contributed by atoms with van der Waals surface area (Å²) in [6.07, 6.45) is 7.50. The Morgan fingerprint density at radius 1 is 1.34 bits per heavy atom. The van der Waals surface area contributed by atoms with Gasteiger partial charge in [-0.2, -0.15) is 0 Å². The van der Waals surface area contributed by atoms with Gasteiger partial charge in [-0.3, -0.25) is 0 Å². The summed E-state index contributed by atoms with van der Waals surface area (Å²) in [5.41, 5.74) is 27.0. The van der Waals surface area contributed by atoms with Crippen molar-refractivity contribution in [1.82, 2.24) is 9.88 Å².